The van der Waals surface area contributed by atoms with Gasteiger partial charge in [0.05, 0.1) is 34.1 Å². The molecule has 0 spiro atoms. The highest BCUT2D eigenvalue weighted by molar-refractivity contribution is 9.10. The van der Waals surface area contributed by atoms with Crippen LogP contribution in [0.3, 0.4) is 0 Å². The third kappa shape index (κ3) is 4.18. The molecule has 0 atom stereocenters. The maximum absolute atomic E-state index is 12.9. The number of carbonyl (C=O) groups is 2. The molecule has 8 nitrogen and oxygen atoms in total. The molecule has 0 saturated heterocycles. The Bertz CT molecular complexity index is 1130. The zero-order valence-corrected chi connectivity index (χ0v) is 17.6. The van der Waals surface area contributed by atoms with Crippen LogP contribution < -0.4 is 14.5 Å². The number of methoxy groups -OCH3 is 1. The van der Waals surface area contributed by atoms with Gasteiger partial charge in [0.15, 0.2) is 18.1 Å². The van der Waals surface area contributed by atoms with Crippen molar-refractivity contribution in [3.8, 4) is 17.6 Å². The molecule has 0 fully saturated rings. The summed E-state index contributed by atoms with van der Waals surface area (Å²) in [7, 11) is 1.47. The first-order valence-corrected chi connectivity index (χ1v) is 9.47. The van der Waals surface area contributed by atoms with Gasteiger partial charge >= 0.3 is 5.97 Å². The maximum Gasteiger partial charge on any atom is 0.335 e. The number of nitriles is 1. The SMILES string of the molecule is COc1cc(/C=C2\C(=O)N(c3cccc(C(=O)O)c3)N=C2C)cc(Br)c1OCC#N. The lowest BCUT2D eigenvalue weighted by molar-refractivity contribution is -0.114. The van der Waals surface area contributed by atoms with Gasteiger partial charge < -0.3 is 14.6 Å². The number of hydrogen-bond donors (Lipinski definition) is 1. The molecule has 1 aliphatic rings. The topological polar surface area (TPSA) is 112 Å². The van der Waals surface area contributed by atoms with E-state index in [1.807, 2.05) is 6.07 Å². The Hall–Kier alpha value is -3.64. The standard InChI is InChI=1S/C21H16BrN3O5/c1-12-16(8-13-9-17(22)19(30-7-6-23)18(10-13)29-2)20(26)25(24-12)15-5-3-4-14(11-15)21(27)28/h3-5,8-11H,7H2,1-2H3,(H,27,28)/b16-8-. The second-order valence-electron chi connectivity index (χ2n) is 6.20. The van der Waals surface area contributed by atoms with E-state index in [-0.39, 0.29) is 18.1 Å². The van der Waals surface area contributed by atoms with E-state index in [0.717, 1.165) is 0 Å². The number of aromatic carboxylic acids is 1. The van der Waals surface area contributed by atoms with E-state index in [9.17, 15) is 14.7 Å². The number of carboxylic acid groups (broad SMARTS) is 1. The zero-order chi connectivity index (χ0) is 21.8. The normalized spacial score (nSPS) is 14.5. The third-order valence-corrected chi connectivity index (χ3v) is 4.83. The Morgan fingerprint density at radius 1 is 1.37 bits per heavy atom. The quantitative estimate of drug-likeness (QED) is 0.642. The smallest absolute Gasteiger partial charge is 0.335 e. The summed E-state index contributed by atoms with van der Waals surface area (Å²) in [5.74, 6) is -0.681. The molecule has 0 bridgehead atoms. The van der Waals surface area contributed by atoms with E-state index in [4.69, 9.17) is 14.7 Å². The number of nitrogens with zero attached hydrogens (tertiary/aromatic N) is 3. The molecule has 0 aliphatic carbocycles. The molecule has 2 aromatic rings. The molecule has 0 radical (unpaired) electrons. The molecule has 1 N–H and O–H groups in total. The first-order valence-electron chi connectivity index (χ1n) is 8.68. The van der Waals surface area contributed by atoms with Crippen molar-refractivity contribution in [3.05, 3.63) is 57.6 Å². The summed E-state index contributed by atoms with van der Waals surface area (Å²) in [6.07, 6.45) is 1.66. The van der Waals surface area contributed by atoms with E-state index >= 15 is 0 Å². The molecule has 1 amide bonds. The van der Waals surface area contributed by atoms with Gasteiger partial charge in [-0.2, -0.15) is 15.4 Å². The van der Waals surface area contributed by atoms with E-state index in [1.54, 1.807) is 37.3 Å². The van der Waals surface area contributed by atoms with Gasteiger partial charge in [0.25, 0.3) is 5.91 Å². The highest BCUT2D eigenvalue weighted by Crippen LogP contribution is 2.37. The fourth-order valence-corrected chi connectivity index (χ4v) is 3.44. The van der Waals surface area contributed by atoms with Crippen LogP contribution in [-0.2, 0) is 4.79 Å². The van der Waals surface area contributed by atoms with Crippen LogP contribution in [0.25, 0.3) is 6.08 Å². The molecule has 2 aromatic carbocycles. The van der Waals surface area contributed by atoms with Crippen molar-refractivity contribution in [2.75, 3.05) is 18.7 Å². The molecule has 9 heteroatoms. The zero-order valence-electron chi connectivity index (χ0n) is 16.0. The second-order valence-corrected chi connectivity index (χ2v) is 7.05. The first kappa shape index (κ1) is 21.1. The van der Waals surface area contributed by atoms with E-state index < -0.39 is 5.97 Å². The molecule has 0 aromatic heterocycles. The van der Waals surface area contributed by atoms with Gasteiger partial charge in [-0.15, -0.1) is 0 Å². The lowest BCUT2D eigenvalue weighted by atomic mass is 10.1. The Morgan fingerprint density at radius 3 is 2.80 bits per heavy atom. The minimum absolute atomic E-state index is 0.0622. The summed E-state index contributed by atoms with van der Waals surface area (Å²) in [5, 5.41) is 23.3. The molecule has 1 aliphatic heterocycles. The number of amides is 1. The maximum atomic E-state index is 12.9. The first-order chi connectivity index (χ1) is 14.3. The average molecular weight is 470 g/mol. The van der Waals surface area contributed by atoms with Gasteiger partial charge in [-0.05, 0) is 64.8 Å². The Labute approximate surface area is 180 Å². The van der Waals surface area contributed by atoms with E-state index in [2.05, 4.69) is 21.0 Å². The van der Waals surface area contributed by atoms with Crippen LogP contribution in [0.1, 0.15) is 22.8 Å². The van der Waals surface area contributed by atoms with Crippen LogP contribution in [0, 0.1) is 11.3 Å². The van der Waals surface area contributed by atoms with Gasteiger partial charge in [-0.25, -0.2) is 4.79 Å². The van der Waals surface area contributed by atoms with E-state index in [0.29, 0.717) is 38.5 Å². The van der Waals surface area contributed by atoms with Crippen LogP contribution in [-0.4, -0.2) is 36.4 Å². The summed E-state index contributed by atoms with van der Waals surface area (Å²) in [6, 6.07) is 11.3. The molecule has 152 valence electrons. The van der Waals surface area contributed by atoms with Crippen molar-refractivity contribution in [1.82, 2.24) is 0 Å². The van der Waals surface area contributed by atoms with Crippen LogP contribution in [0.5, 0.6) is 11.5 Å². The number of hydrogen-bond acceptors (Lipinski definition) is 6. The summed E-state index contributed by atoms with van der Waals surface area (Å²) in [5.41, 5.74) is 1.92. The van der Waals surface area contributed by atoms with Crippen LogP contribution in [0.4, 0.5) is 5.69 Å². The molecule has 3 rings (SSSR count). The predicted octanol–water partition coefficient (Wildman–Crippen LogP) is 3.86. The molecular formula is C21H16BrN3O5. The number of rotatable bonds is 6. The van der Waals surface area contributed by atoms with Crippen molar-refractivity contribution in [2.24, 2.45) is 5.10 Å². The monoisotopic (exact) mass is 469 g/mol. The molecular weight excluding hydrogens is 454 g/mol. The third-order valence-electron chi connectivity index (χ3n) is 4.24. The molecule has 30 heavy (non-hydrogen) atoms. The van der Waals surface area contributed by atoms with Gasteiger partial charge in [0.2, 0.25) is 0 Å². The van der Waals surface area contributed by atoms with E-state index in [1.165, 1.54) is 24.3 Å². The lowest BCUT2D eigenvalue weighted by Crippen LogP contribution is -2.21. The lowest BCUT2D eigenvalue weighted by Gasteiger charge is -2.13. The Balaban J connectivity index is 1.96. The van der Waals surface area contributed by atoms with Gasteiger partial charge in [0, 0.05) is 0 Å². The number of ether oxygens (including phenoxy) is 2. The number of carbonyl (C=O) groups excluding carboxylic acids is 1. The Kier molecular flexibility index (Phi) is 6.18. The number of carboxylic acids is 1. The Morgan fingerprint density at radius 2 is 2.13 bits per heavy atom. The van der Waals surface area contributed by atoms with Crippen molar-refractivity contribution in [3.63, 3.8) is 0 Å². The fourth-order valence-electron chi connectivity index (χ4n) is 2.86. The van der Waals surface area contributed by atoms with Gasteiger partial charge in [-0.3, -0.25) is 4.79 Å². The minimum atomic E-state index is -1.09. The summed E-state index contributed by atoms with van der Waals surface area (Å²) < 4.78 is 11.3. The largest absolute Gasteiger partial charge is 0.493 e. The number of benzene rings is 2. The second kappa shape index (κ2) is 8.80. The average Bonchev–Trinajstić information content (AvgIpc) is 3.01. The number of hydrazone groups is 1. The predicted molar refractivity (Wildman–Crippen MR) is 114 cm³/mol. The van der Waals surface area contributed by atoms with Crippen molar-refractivity contribution in [1.29, 1.82) is 5.26 Å². The van der Waals surface area contributed by atoms with Crippen LogP contribution in [0.2, 0.25) is 0 Å². The summed E-state index contributed by atoms with van der Waals surface area (Å²) in [6.45, 7) is 1.56. The van der Waals surface area contributed by atoms with Gasteiger partial charge in [-0.1, -0.05) is 6.07 Å². The highest BCUT2D eigenvalue weighted by Gasteiger charge is 2.29. The molecule has 1 heterocycles. The molecule has 0 unspecified atom stereocenters. The van der Waals surface area contributed by atoms with Crippen LogP contribution in [0.15, 0.2) is 51.5 Å². The highest BCUT2D eigenvalue weighted by atomic mass is 79.9. The van der Waals surface area contributed by atoms with Crippen molar-refractivity contribution >= 4 is 45.3 Å². The summed E-state index contributed by atoms with van der Waals surface area (Å²) >= 11 is 3.39. The molecule has 0 saturated carbocycles. The van der Waals surface area contributed by atoms with Crippen LogP contribution >= 0.6 is 15.9 Å². The van der Waals surface area contributed by atoms with Crippen molar-refractivity contribution < 1.29 is 24.2 Å². The minimum Gasteiger partial charge on any atom is -0.493 e. The van der Waals surface area contributed by atoms with Gasteiger partial charge in [0.1, 0.15) is 6.07 Å². The number of anilines is 1. The van der Waals surface area contributed by atoms with Crippen molar-refractivity contribution in [2.45, 2.75) is 6.92 Å². The number of halogens is 1. The fraction of sp³-hybridized carbons (Fsp3) is 0.143. The summed E-state index contributed by atoms with van der Waals surface area (Å²) in [4.78, 5) is 24.2.